The van der Waals surface area contributed by atoms with Gasteiger partial charge in [-0.05, 0) is 26.4 Å². The number of carbonyl (C=O) groups is 1. The highest BCUT2D eigenvalue weighted by atomic mass is 16.4. The van der Waals surface area contributed by atoms with E-state index in [4.69, 9.17) is 5.11 Å². The van der Waals surface area contributed by atoms with Gasteiger partial charge in [0.15, 0.2) is 0 Å². The summed E-state index contributed by atoms with van der Waals surface area (Å²) < 4.78 is 0. The van der Waals surface area contributed by atoms with Gasteiger partial charge in [0.1, 0.15) is 0 Å². The molecule has 0 rings (SSSR count). The lowest BCUT2D eigenvalue weighted by molar-refractivity contribution is -0.132. The highest BCUT2D eigenvalue weighted by Gasteiger charge is 1.94. The maximum atomic E-state index is 10.0. The second-order valence-corrected chi connectivity index (χ2v) is 2.56. The summed E-state index contributed by atoms with van der Waals surface area (Å²) in [4.78, 5) is 10.0. The highest BCUT2D eigenvalue weighted by molar-refractivity contribution is 5.85. The third-order valence-electron chi connectivity index (χ3n) is 1.35. The maximum Gasteiger partial charge on any atom is 0.330 e. The van der Waals surface area contributed by atoms with E-state index in [0.29, 0.717) is 5.57 Å². The van der Waals surface area contributed by atoms with Crippen LogP contribution in [0.25, 0.3) is 0 Å². The van der Waals surface area contributed by atoms with E-state index in [1.165, 1.54) is 0 Å². The van der Waals surface area contributed by atoms with Crippen molar-refractivity contribution < 1.29 is 9.90 Å². The van der Waals surface area contributed by atoms with Crippen molar-refractivity contribution >= 4 is 5.97 Å². The van der Waals surface area contributed by atoms with Crippen molar-refractivity contribution in [1.29, 1.82) is 0 Å². The van der Waals surface area contributed by atoms with Gasteiger partial charge in [-0.1, -0.05) is 26.8 Å². The second kappa shape index (κ2) is 11.2. The van der Waals surface area contributed by atoms with E-state index >= 15 is 0 Å². The lowest BCUT2D eigenvalue weighted by Crippen LogP contribution is -2.09. The lowest BCUT2D eigenvalue weighted by atomic mass is 10.2. The van der Waals surface area contributed by atoms with Crippen molar-refractivity contribution in [1.82, 2.24) is 5.32 Å². The molecule has 0 amide bonds. The topological polar surface area (TPSA) is 49.3 Å². The van der Waals surface area contributed by atoms with Crippen LogP contribution in [0.2, 0.25) is 0 Å². The number of carboxylic acid groups (broad SMARTS) is 1. The van der Waals surface area contributed by atoms with E-state index in [-0.39, 0.29) is 0 Å². The Labute approximate surface area is 80.8 Å². The Morgan fingerprint density at radius 2 is 1.77 bits per heavy atom. The van der Waals surface area contributed by atoms with Crippen LogP contribution in [0.1, 0.15) is 34.1 Å². The fourth-order valence-electron chi connectivity index (χ4n) is 0.643. The fourth-order valence-corrected chi connectivity index (χ4v) is 0.643. The standard InChI is InChI=1S/C6H10O2.C4H11N/c1-3-4-5(2)6(7)8;1-3-5-4-2/h4H,3H2,1-2H3,(H,7,8);5H,3-4H2,1-2H3/b5-4+;. The molecule has 0 unspecified atom stereocenters. The average molecular weight is 187 g/mol. The van der Waals surface area contributed by atoms with Gasteiger partial charge in [-0.2, -0.15) is 0 Å². The number of aliphatic carboxylic acids is 1. The van der Waals surface area contributed by atoms with Gasteiger partial charge in [0.05, 0.1) is 0 Å². The van der Waals surface area contributed by atoms with Crippen LogP contribution >= 0.6 is 0 Å². The van der Waals surface area contributed by atoms with Gasteiger partial charge in [0.2, 0.25) is 0 Å². The first kappa shape index (κ1) is 14.7. The van der Waals surface area contributed by atoms with Crippen molar-refractivity contribution in [3.05, 3.63) is 11.6 Å². The van der Waals surface area contributed by atoms with E-state index < -0.39 is 5.97 Å². The molecule has 0 aliphatic heterocycles. The van der Waals surface area contributed by atoms with Crippen molar-refractivity contribution in [3.63, 3.8) is 0 Å². The molecule has 0 aromatic rings. The smallest absolute Gasteiger partial charge is 0.330 e. The van der Waals surface area contributed by atoms with Gasteiger partial charge < -0.3 is 10.4 Å². The van der Waals surface area contributed by atoms with E-state index in [9.17, 15) is 4.79 Å². The number of rotatable bonds is 4. The Hall–Kier alpha value is -0.830. The molecule has 13 heavy (non-hydrogen) atoms. The Kier molecular flexibility index (Phi) is 12.6. The number of carboxylic acids is 1. The molecule has 0 aromatic heterocycles. The monoisotopic (exact) mass is 187 g/mol. The molecule has 78 valence electrons. The van der Waals surface area contributed by atoms with Crippen LogP contribution in [0.3, 0.4) is 0 Å². The summed E-state index contributed by atoms with van der Waals surface area (Å²) in [7, 11) is 0. The largest absolute Gasteiger partial charge is 0.478 e. The molecular formula is C10H21NO2. The Bertz CT molecular complexity index is 151. The molecule has 0 radical (unpaired) electrons. The van der Waals surface area contributed by atoms with E-state index in [0.717, 1.165) is 19.5 Å². The van der Waals surface area contributed by atoms with Crippen LogP contribution in [0.4, 0.5) is 0 Å². The molecule has 3 nitrogen and oxygen atoms in total. The molecule has 2 N–H and O–H groups in total. The Morgan fingerprint density at radius 1 is 1.31 bits per heavy atom. The normalized spacial score (nSPS) is 10.3. The molecule has 0 fully saturated rings. The summed E-state index contributed by atoms with van der Waals surface area (Å²) in [5.41, 5.74) is 0.424. The lowest BCUT2D eigenvalue weighted by Gasteiger charge is -1.87. The zero-order valence-electron chi connectivity index (χ0n) is 9.05. The van der Waals surface area contributed by atoms with Crippen molar-refractivity contribution in [2.45, 2.75) is 34.1 Å². The maximum absolute atomic E-state index is 10.0. The van der Waals surface area contributed by atoms with Crippen LogP contribution in [-0.4, -0.2) is 24.2 Å². The summed E-state index contributed by atoms with van der Waals surface area (Å²) >= 11 is 0. The minimum Gasteiger partial charge on any atom is -0.478 e. The van der Waals surface area contributed by atoms with Crippen molar-refractivity contribution in [3.8, 4) is 0 Å². The van der Waals surface area contributed by atoms with Crippen LogP contribution in [-0.2, 0) is 4.79 Å². The van der Waals surface area contributed by atoms with E-state index in [1.54, 1.807) is 13.0 Å². The molecule has 0 saturated carbocycles. The molecule has 0 aliphatic carbocycles. The molecule has 0 aliphatic rings. The van der Waals surface area contributed by atoms with Crippen LogP contribution < -0.4 is 5.32 Å². The number of hydrogen-bond acceptors (Lipinski definition) is 2. The van der Waals surface area contributed by atoms with Gasteiger partial charge in [-0.15, -0.1) is 0 Å². The molecule has 0 heterocycles. The number of hydrogen-bond donors (Lipinski definition) is 2. The van der Waals surface area contributed by atoms with Gasteiger partial charge in [0.25, 0.3) is 0 Å². The van der Waals surface area contributed by atoms with Crippen LogP contribution in [0.5, 0.6) is 0 Å². The molecule has 0 bridgehead atoms. The third kappa shape index (κ3) is 14.1. The van der Waals surface area contributed by atoms with Crippen LogP contribution in [0, 0.1) is 0 Å². The Balaban J connectivity index is 0. The van der Waals surface area contributed by atoms with E-state index in [2.05, 4.69) is 19.2 Å². The predicted molar refractivity (Wildman–Crippen MR) is 55.9 cm³/mol. The first-order valence-electron chi connectivity index (χ1n) is 4.70. The van der Waals surface area contributed by atoms with Gasteiger partial charge in [0, 0.05) is 5.57 Å². The minimum atomic E-state index is -0.827. The van der Waals surface area contributed by atoms with Crippen molar-refractivity contribution in [2.75, 3.05) is 13.1 Å². The minimum absolute atomic E-state index is 0.424. The third-order valence-corrected chi connectivity index (χ3v) is 1.35. The number of nitrogens with one attached hydrogen (secondary N) is 1. The van der Waals surface area contributed by atoms with Gasteiger partial charge in [-0.25, -0.2) is 4.79 Å². The molecule has 0 spiro atoms. The summed E-state index contributed by atoms with van der Waals surface area (Å²) in [5.74, 6) is -0.827. The highest BCUT2D eigenvalue weighted by Crippen LogP contribution is 1.92. The summed E-state index contributed by atoms with van der Waals surface area (Å²) in [6.07, 6.45) is 2.47. The first-order chi connectivity index (χ1) is 6.09. The Morgan fingerprint density at radius 3 is 1.85 bits per heavy atom. The van der Waals surface area contributed by atoms with Gasteiger partial charge >= 0.3 is 5.97 Å². The fraction of sp³-hybridized carbons (Fsp3) is 0.700. The molecule has 3 heteroatoms. The van der Waals surface area contributed by atoms with Crippen molar-refractivity contribution in [2.24, 2.45) is 0 Å². The molecule has 0 saturated heterocycles. The summed E-state index contributed by atoms with van der Waals surface area (Å²) in [6, 6.07) is 0. The molecule has 0 aromatic carbocycles. The average Bonchev–Trinajstić information content (AvgIpc) is 2.07. The second-order valence-electron chi connectivity index (χ2n) is 2.56. The zero-order valence-corrected chi connectivity index (χ0v) is 9.05. The predicted octanol–water partition coefficient (Wildman–Crippen LogP) is 2.04. The molecular weight excluding hydrogens is 166 g/mol. The number of allylic oxidation sites excluding steroid dienone is 1. The molecule has 0 atom stereocenters. The summed E-state index contributed by atoms with van der Waals surface area (Å²) in [6.45, 7) is 9.89. The summed E-state index contributed by atoms with van der Waals surface area (Å²) in [5, 5.41) is 11.4. The quantitative estimate of drug-likeness (QED) is 0.662. The first-order valence-corrected chi connectivity index (χ1v) is 4.70. The zero-order chi connectivity index (χ0) is 10.7. The SMILES string of the molecule is CC/C=C(\C)C(=O)O.CCNCC. The van der Waals surface area contributed by atoms with Gasteiger partial charge in [-0.3, -0.25) is 0 Å². The van der Waals surface area contributed by atoms with Crippen LogP contribution in [0.15, 0.2) is 11.6 Å². The van der Waals surface area contributed by atoms with E-state index in [1.807, 2.05) is 6.92 Å².